The van der Waals surface area contributed by atoms with Gasteiger partial charge in [0.05, 0.1) is 5.71 Å². The summed E-state index contributed by atoms with van der Waals surface area (Å²) >= 11 is 0. The van der Waals surface area contributed by atoms with Crippen LogP contribution in [0, 0.1) is 6.92 Å². The van der Waals surface area contributed by atoms with Crippen molar-refractivity contribution >= 4 is 23.2 Å². The molecule has 0 aliphatic rings. The monoisotopic (exact) mass is 337 g/mol. The molecule has 0 bridgehead atoms. The van der Waals surface area contributed by atoms with E-state index in [1.807, 2.05) is 43.3 Å². The zero-order valence-electron chi connectivity index (χ0n) is 15.0. The molecule has 2 rings (SSSR count). The van der Waals surface area contributed by atoms with Crippen molar-refractivity contribution in [2.45, 2.75) is 33.6 Å². The molecular weight excluding hydrogens is 314 g/mol. The van der Waals surface area contributed by atoms with Crippen LogP contribution in [0.15, 0.2) is 53.6 Å². The van der Waals surface area contributed by atoms with Gasteiger partial charge in [-0.3, -0.25) is 9.59 Å². The molecule has 2 N–H and O–H groups in total. The standard InChI is InChI=1S/C20H23N3O2/c1-13(2)16-7-9-17(10-8-16)15(4)22-23-20(25)19(24)21-18-11-5-14(3)6-12-18/h5-13H,1-4H3,(H,21,24)(H,23,25)/b22-15-. The molecule has 0 unspecified atom stereocenters. The van der Waals surface area contributed by atoms with Crippen molar-refractivity contribution in [1.82, 2.24) is 5.43 Å². The van der Waals surface area contributed by atoms with Crippen LogP contribution in [0.25, 0.3) is 0 Å². The van der Waals surface area contributed by atoms with Crippen LogP contribution in [0.4, 0.5) is 5.69 Å². The topological polar surface area (TPSA) is 70.6 Å². The first-order chi connectivity index (χ1) is 11.9. The lowest BCUT2D eigenvalue weighted by Gasteiger charge is -2.07. The highest BCUT2D eigenvalue weighted by atomic mass is 16.2. The Morgan fingerprint density at radius 1 is 0.920 bits per heavy atom. The lowest BCUT2D eigenvalue weighted by Crippen LogP contribution is -2.32. The second-order valence-electron chi connectivity index (χ2n) is 6.23. The van der Waals surface area contributed by atoms with Gasteiger partial charge in [-0.05, 0) is 43.0 Å². The molecule has 0 saturated heterocycles. The van der Waals surface area contributed by atoms with Gasteiger partial charge in [-0.2, -0.15) is 5.10 Å². The maximum atomic E-state index is 11.9. The van der Waals surface area contributed by atoms with E-state index in [1.54, 1.807) is 19.1 Å². The van der Waals surface area contributed by atoms with Crippen molar-refractivity contribution in [2.24, 2.45) is 5.10 Å². The molecular formula is C20H23N3O2. The van der Waals surface area contributed by atoms with E-state index in [2.05, 4.69) is 29.7 Å². The summed E-state index contributed by atoms with van der Waals surface area (Å²) in [5, 5.41) is 6.53. The van der Waals surface area contributed by atoms with E-state index in [-0.39, 0.29) is 0 Å². The second-order valence-corrected chi connectivity index (χ2v) is 6.23. The number of aryl methyl sites for hydroxylation is 1. The molecule has 2 aromatic carbocycles. The first-order valence-electron chi connectivity index (χ1n) is 8.19. The fourth-order valence-corrected chi connectivity index (χ4v) is 2.18. The third-order valence-electron chi connectivity index (χ3n) is 3.84. The van der Waals surface area contributed by atoms with Crippen molar-refractivity contribution in [2.75, 3.05) is 5.32 Å². The summed E-state index contributed by atoms with van der Waals surface area (Å²) in [6.07, 6.45) is 0. The molecule has 5 heteroatoms. The van der Waals surface area contributed by atoms with Gasteiger partial charge in [-0.1, -0.05) is 55.8 Å². The minimum atomic E-state index is -0.807. The van der Waals surface area contributed by atoms with Crippen LogP contribution in [-0.2, 0) is 9.59 Å². The second kappa shape index (κ2) is 8.24. The number of carbonyl (C=O) groups is 2. The van der Waals surface area contributed by atoms with Gasteiger partial charge in [0.15, 0.2) is 0 Å². The smallest absolute Gasteiger partial charge is 0.318 e. The van der Waals surface area contributed by atoms with Crippen molar-refractivity contribution in [3.63, 3.8) is 0 Å². The lowest BCUT2D eigenvalue weighted by molar-refractivity contribution is -0.136. The Hall–Kier alpha value is -2.95. The van der Waals surface area contributed by atoms with Crippen LogP contribution in [0.5, 0.6) is 0 Å². The number of nitrogens with zero attached hydrogens (tertiary/aromatic N) is 1. The highest BCUT2D eigenvalue weighted by Crippen LogP contribution is 2.15. The molecule has 0 fully saturated rings. The average molecular weight is 337 g/mol. The highest BCUT2D eigenvalue weighted by molar-refractivity contribution is 6.39. The molecule has 2 aromatic rings. The van der Waals surface area contributed by atoms with Gasteiger partial charge in [0.2, 0.25) is 0 Å². The van der Waals surface area contributed by atoms with Crippen molar-refractivity contribution in [3.05, 3.63) is 65.2 Å². The number of benzene rings is 2. The van der Waals surface area contributed by atoms with Gasteiger partial charge >= 0.3 is 11.8 Å². The van der Waals surface area contributed by atoms with E-state index in [0.717, 1.165) is 11.1 Å². The van der Waals surface area contributed by atoms with E-state index in [9.17, 15) is 9.59 Å². The summed E-state index contributed by atoms with van der Waals surface area (Å²) in [6.45, 7) is 7.98. The van der Waals surface area contributed by atoms with Crippen LogP contribution >= 0.6 is 0 Å². The van der Waals surface area contributed by atoms with E-state index < -0.39 is 11.8 Å². The highest BCUT2D eigenvalue weighted by Gasteiger charge is 2.13. The Kier molecular flexibility index (Phi) is 6.06. The van der Waals surface area contributed by atoms with E-state index >= 15 is 0 Å². The number of rotatable bonds is 4. The molecule has 2 amide bonds. The normalized spacial score (nSPS) is 11.3. The van der Waals surface area contributed by atoms with E-state index in [4.69, 9.17) is 0 Å². The first-order valence-corrected chi connectivity index (χ1v) is 8.19. The van der Waals surface area contributed by atoms with Crippen LogP contribution in [0.2, 0.25) is 0 Å². The van der Waals surface area contributed by atoms with Crippen molar-refractivity contribution in [3.8, 4) is 0 Å². The number of hydrazone groups is 1. The largest absolute Gasteiger partial charge is 0.329 e. The predicted molar refractivity (Wildman–Crippen MR) is 101 cm³/mol. The van der Waals surface area contributed by atoms with Gasteiger partial charge in [-0.25, -0.2) is 5.43 Å². The number of anilines is 1. The molecule has 0 spiro atoms. The van der Waals surface area contributed by atoms with Gasteiger partial charge < -0.3 is 5.32 Å². The van der Waals surface area contributed by atoms with Gasteiger partial charge in [-0.15, -0.1) is 0 Å². The third kappa shape index (κ3) is 5.28. The molecule has 0 aliphatic heterocycles. The Morgan fingerprint density at radius 3 is 2.08 bits per heavy atom. The third-order valence-corrected chi connectivity index (χ3v) is 3.84. The van der Waals surface area contributed by atoms with E-state index in [1.165, 1.54) is 5.56 Å². The maximum Gasteiger partial charge on any atom is 0.329 e. The molecule has 5 nitrogen and oxygen atoms in total. The molecule has 0 aliphatic carbocycles. The van der Waals surface area contributed by atoms with Gasteiger partial charge in [0.1, 0.15) is 0 Å². The van der Waals surface area contributed by atoms with Gasteiger partial charge in [0, 0.05) is 5.69 Å². The van der Waals surface area contributed by atoms with Crippen molar-refractivity contribution < 1.29 is 9.59 Å². The molecule has 25 heavy (non-hydrogen) atoms. The predicted octanol–water partition coefficient (Wildman–Crippen LogP) is 3.60. The summed E-state index contributed by atoms with van der Waals surface area (Å²) in [5.41, 5.74) is 6.69. The van der Waals surface area contributed by atoms with Crippen LogP contribution in [-0.4, -0.2) is 17.5 Å². The summed E-state index contributed by atoms with van der Waals surface area (Å²) in [4.78, 5) is 23.7. The fraction of sp³-hybridized carbons (Fsp3) is 0.250. The lowest BCUT2D eigenvalue weighted by atomic mass is 10.0. The SMILES string of the molecule is C/C(=N/NC(=O)C(=O)Nc1ccc(C)cc1)c1ccc(C(C)C)cc1. The Balaban J connectivity index is 1.95. The van der Waals surface area contributed by atoms with Crippen LogP contribution in [0.1, 0.15) is 43.4 Å². The van der Waals surface area contributed by atoms with Gasteiger partial charge in [0.25, 0.3) is 0 Å². The molecule has 0 aromatic heterocycles. The summed E-state index contributed by atoms with van der Waals surface area (Å²) < 4.78 is 0. The fourth-order valence-electron chi connectivity index (χ4n) is 2.18. The number of hydrogen-bond acceptors (Lipinski definition) is 3. The average Bonchev–Trinajstić information content (AvgIpc) is 2.61. The molecule has 0 radical (unpaired) electrons. The minimum Gasteiger partial charge on any atom is -0.318 e. The number of carbonyl (C=O) groups excluding carboxylic acids is 2. The molecule has 0 atom stereocenters. The summed E-state index contributed by atoms with van der Waals surface area (Å²) in [6, 6.07) is 15.2. The molecule has 0 saturated carbocycles. The molecule has 130 valence electrons. The van der Waals surface area contributed by atoms with Crippen LogP contribution in [0.3, 0.4) is 0 Å². The Morgan fingerprint density at radius 2 is 1.52 bits per heavy atom. The number of amides is 2. The summed E-state index contributed by atoms with van der Waals surface area (Å²) in [5.74, 6) is -1.11. The molecule has 0 heterocycles. The van der Waals surface area contributed by atoms with Crippen molar-refractivity contribution in [1.29, 1.82) is 0 Å². The van der Waals surface area contributed by atoms with Crippen LogP contribution < -0.4 is 10.7 Å². The maximum absolute atomic E-state index is 11.9. The minimum absolute atomic E-state index is 0.455. The Bertz CT molecular complexity index is 776. The summed E-state index contributed by atoms with van der Waals surface area (Å²) in [7, 11) is 0. The Labute approximate surface area is 148 Å². The zero-order valence-corrected chi connectivity index (χ0v) is 15.0. The number of hydrogen-bond donors (Lipinski definition) is 2. The first kappa shape index (κ1) is 18.4. The zero-order chi connectivity index (χ0) is 18.4. The quantitative estimate of drug-likeness (QED) is 0.508. The number of nitrogens with one attached hydrogen (secondary N) is 2. The van der Waals surface area contributed by atoms with E-state index in [0.29, 0.717) is 17.3 Å².